The monoisotopic (exact) mass is 336 g/mol. The molecule has 1 aliphatic rings. The number of hydrogen-bond donors (Lipinski definition) is 1. The molecule has 0 aromatic heterocycles. The summed E-state index contributed by atoms with van der Waals surface area (Å²) in [5.74, 6) is 0.884. The van der Waals surface area contributed by atoms with Crippen LogP contribution in [0, 0.1) is 6.92 Å². The van der Waals surface area contributed by atoms with Crippen LogP contribution in [0.4, 0.5) is 0 Å². The number of aryl methyl sites for hydroxylation is 1. The summed E-state index contributed by atoms with van der Waals surface area (Å²) in [4.78, 5) is 2.56. The Morgan fingerprint density at radius 2 is 1.68 bits per heavy atom. The zero-order valence-electron chi connectivity index (χ0n) is 15.5. The first-order valence-corrected chi connectivity index (χ1v) is 9.02. The van der Waals surface area contributed by atoms with E-state index in [1.807, 2.05) is 19.1 Å². The van der Waals surface area contributed by atoms with E-state index < -0.39 is 0 Å². The fourth-order valence-electron chi connectivity index (χ4n) is 3.80. The van der Waals surface area contributed by atoms with Gasteiger partial charge in [-0.2, -0.15) is 0 Å². The van der Waals surface area contributed by atoms with Crippen molar-refractivity contribution in [1.82, 2.24) is 4.90 Å². The first kappa shape index (κ1) is 17.6. The van der Waals surface area contributed by atoms with E-state index in [9.17, 15) is 0 Å². The van der Waals surface area contributed by atoms with Crippen LogP contribution < -0.4 is 10.5 Å². The Labute approximate surface area is 151 Å². The van der Waals surface area contributed by atoms with Gasteiger partial charge in [0.15, 0.2) is 0 Å². The SMILES string of the molecule is COc1ccc(C(/C(=C(\C)N)c2ccccc2C)N2CCCC2)cc1. The smallest absolute Gasteiger partial charge is 0.118 e. The van der Waals surface area contributed by atoms with E-state index in [1.54, 1.807) is 7.11 Å². The standard InChI is InChI=1S/C22H28N2O/c1-16-8-4-5-9-20(16)21(17(2)23)22(24-14-6-7-15-24)18-10-12-19(25-3)13-11-18/h4-5,8-13,22H,6-7,14-15,23H2,1-3H3/b21-17+. The fourth-order valence-corrected chi connectivity index (χ4v) is 3.80. The number of benzene rings is 2. The van der Waals surface area contributed by atoms with Crippen LogP contribution in [0.1, 0.15) is 42.5 Å². The zero-order chi connectivity index (χ0) is 17.8. The summed E-state index contributed by atoms with van der Waals surface area (Å²) >= 11 is 0. The Kier molecular flexibility index (Phi) is 5.44. The average Bonchev–Trinajstić information content (AvgIpc) is 3.14. The summed E-state index contributed by atoms with van der Waals surface area (Å²) in [6.45, 7) is 6.40. The molecule has 3 rings (SSSR count). The molecule has 3 heteroatoms. The van der Waals surface area contributed by atoms with E-state index >= 15 is 0 Å². The molecule has 0 saturated carbocycles. The lowest BCUT2D eigenvalue weighted by atomic mass is 9.88. The molecule has 1 aliphatic heterocycles. The van der Waals surface area contributed by atoms with Gasteiger partial charge >= 0.3 is 0 Å². The van der Waals surface area contributed by atoms with Crippen LogP contribution in [-0.4, -0.2) is 25.1 Å². The van der Waals surface area contributed by atoms with Crippen LogP contribution in [0.3, 0.4) is 0 Å². The topological polar surface area (TPSA) is 38.5 Å². The van der Waals surface area contributed by atoms with Gasteiger partial charge in [0.2, 0.25) is 0 Å². The van der Waals surface area contributed by atoms with E-state index in [4.69, 9.17) is 10.5 Å². The highest BCUT2D eigenvalue weighted by Crippen LogP contribution is 2.39. The molecule has 3 nitrogen and oxygen atoms in total. The molecule has 1 atom stereocenters. The molecule has 0 aliphatic carbocycles. The highest BCUT2D eigenvalue weighted by Gasteiger charge is 2.29. The molecular weight excluding hydrogens is 308 g/mol. The maximum Gasteiger partial charge on any atom is 0.118 e. The van der Waals surface area contributed by atoms with Crippen molar-refractivity contribution in [3.8, 4) is 5.75 Å². The van der Waals surface area contributed by atoms with Crippen molar-refractivity contribution in [2.45, 2.75) is 32.7 Å². The van der Waals surface area contributed by atoms with E-state index in [1.165, 1.54) is 35.1 Å². The second-order valence-electron chi connectivity index (χ2n) is 6.83. The Balaban J connectivity index is 2.11. The molecule has 1 heterocycles. The third-order valence-corrected chi connectivity index (χ3v) is 5.07. The summed E-state index contributed by atoms with van der Waals surface area (Å²) < 4.78 is 5.34. The first-order valence-electron chi connectivity index (χ1n) is 9.02. The number of likely N-dealkylation sites (tertiary alicyclic amines) is 1. The van der Waals surface area contributed by atoms with Gasteiger partial charge < -0.3 is 10.5 Å². The van der Waals surface area contributed by atoms with Crippen molar-refractivity contribution in [1.29, 1.82) is 0 Å². The lowest BCUT2D eigenvalue weighted by molar-refractivity contribution is 0.295. The van der Waals surface area contributed by atoms with Crippen molar-refractivity contribution in [3.63, 3.8) is 0 Å². The van der Waals surface area contributed by atoms with Crippen molar-refractivity contribution < 1.29 is 4.74 Å². The molecule has 2 aromatic carbocycles. The molecule has 0 amide bonds. The van der Waals surface area contributed by atoms with Gasteiger partial charge in [0.05, 0.1) is 13.2 Å². The Morgan fingerprint density at radius 3 is 2.24 bits per heavy atom. The van der Waals surface area contributed by atoms with Gasteiger partial charge in [-0.05, 0) is 74.2 Å². The van der Waals surface area contributed by atoms with E-state index in [2.05, 4.69) is 48.2 Å². The molecule has 0 bridgehead atoms. The van der Waals surface area contributed by atoms with Crippen LogP contribution in [0.15, 0.2) is 54.2 Å². The number of hydrogen-bond acceptors (Lipinski definition) is 3. The van der Waals surface area contributed by atoms with Gasteiger partial charge in [0.25, 0.3) is 0 Å². The molecule has 1 saturated heterocycles. The highest BCUT2D eigenvalue weighted by molar-refractivity contribution is 5.75. The van der Waals surface area contributed by atoms with Crippen LogP contribution in [-0.2, 0) is 0 Å². The number of ether oxygens (including phenoxy) is 1. The quantitative estimate of drug-likeness (QED) is 0.872. The Hall–Kier alpha value is -2.26. The van der Waals surface area contributed by atoms with Crippen LogP contribution in [0.2, 0.25) is 0 Å². The molecule has 0 radical (unpaired) electrons. The number of nitrogens with zero attached hydrogens (tertiary/aromatic N) is 1. The van der Waals surface area contributed by atoms with Crippen LogP contribution in [0.5, 0.6) is 5.75 Å². The van der Waals surface area contributed by atoms with Crippen LogP contribution >= 0.6 is 0 Å². The predicted octanol–water partition coefficient (Wildman–Crippen LogP) is 4.53. The van der Waals surface area contributed by atoms with Gasteiger partial charge in [-0.25, -0.2) is 0 Å². The van der Waals surface area contributed by atoms with Gasteiger partial charge in [0.1, 0.15) is 5.75 Å². The van der Waals surface area contributed by atoms with E-state index in [0.29, 0.717) is 0 Å². The summed E-state index contributed by atoms with van der Waals surface area (Å²) in [5.41, 5.74) is 12.3. The van der Waals surface area contributed by atoms with E-state index in [0.717, 1.165) is 24.5 Å². The zero-order valence-corrected chi connectivity index (χ0v) is 15.5. The summed E-state index contributed by atoms with van der Waals surface area (Å²) in [7, 11) is 1.70. The third-order valence-electron chi connectivity index (χ3n) is 5.07. The second kappa shape index (κ2) is 7.75. The lowest BCUT2D eigenvalue weighted by Crippen LogP contribution is -2.28. The largest absolute Gasteiger partial charge is 0.497 e. The van der Waals surface area contributed by atoms with Crippen LogP contribution in [0.25, 0.3) is 5.57 Å². The maximum absolute atomic E-state index is 6.43. The molecule has 25 heavy (non-hydrogen) atoms. The molecular formula is C22H28N2O. The van der Waals surface area contributed by atoms with Crippen molar-refractivity contribution in [2.75, 3.05) is 20.2 Å². The minimum absolute atomic E-state index is 0.180. The lowest BCUT2D eigenvalue weighted by Gasteiger charge is -2.32. The first-order chi connectivity index (χ1) is 12.1. The van der Waals surface area contributed by atoms with Crippen molar-refractivity contribution >= 4 is 5.57 Å². The summed E-state index contributed by atoms with van der Waals surface area (Å²) in [6, 6.07) is 17.1. The molecule has 132 valence electrons. The average molecular weight is 336 g/mol. The van der Waals surface area contributed by atoms with E-state index in [-0.39, 0.29) is 6.04 Å². The van der Waals surface area contributed by atoms with Gasteiger partial charge in [-0.15, -0.1) is 0 Å². The molecule has 1 unspecified atom stereocenters. The number of rotatable bonds is 5. The third kappa shape index (κ3) is 3.72. The molecule has 0 spiro atoms. The normalized spacial score (nSPS) is 17.2. The Morgan fingerprint density at radius 1 is 1.04 bits per heavy atom. The maximum atomic E-state index is 6.43. The number of methoxy groups -OCH3 is 1. The van der Waals surface area contributed by atoms with Crippen molar-refractivity contribution in [3.05, 3.63) is 70.9 Å². The van der Waals surface area contributed by atoms with Crippen molar-refractivity contribution in [2.24, 2.45) is 5.73 Å². The molecule has 2 N–H and O–H groups in total. The van der Waals surface area contributed by atoms with Gasteiger partial charge in [0, 0.05) is 5.70 Å². The fraction of sp³-hybridized carbons (Fsp3) is 0.364. The minimum Gasteiger partial charge on any atom is -0.497 e. The molecule has 2 aromatic rings. The molecule has 1 fully saturated rings. The summed E-state index contributed by atoms with van der Waals surface area (Å²) in [6.07, 6.45) is 2.49. The summed E-state index contributed by atoms with van der Waals surface area (Å²) in [5, 5.41) is 0. The highest BCUT2D eigenvalue weighted by atomic mass is 16.5. The Bertz CT molecular complexity index is 739. The van der Waals surface area contributed by atoms with Gasteiger partial charge in [-0.3, -0.25) is 4.90 Å². The predicted molar refractivity (Wildman–Crippen MR) is 105 cm³/mol. The minimum atomic E-state index is 0.180. The number of allylic oxidation sites excluding steroid dienone is 1. The van der Waals surface area contributed by atoms with Gasteiger partial charge in [-0.1, -0.05) is 36.4 Å². The number of nitrogens with two attached hydrogens (primary N) is 1. The second-order valence-corrected chi connectivity index (χ2v) is 6.83.